The summed E-state index contributed by atoms with van der Waals surface area (Å²) >= 11 is 5.93. The van der Waals surface area contributed by atoms with Gasteiger partial charge >= 0.3 is 5.97 Å². The molecule has 0 aliphatic rings. The molecule has 0 unspecified atom stereocenters. The number of hydrogen-bond acceptors (Lipinski definition) is 2. The molecule has 0 heterocycles. The Morgan fingerprint density at radius 2 is 1.75 bits per heavy atom. The van der Waals surface area contributed by atoms with Gasteiger partial charge in [0.15, 0.2) is 0 Å². The van der Waals surface area contributed by atoms with Crippen molar-refractivity contribution in [2.45, 2.75) is 0 Å². The van der Waals surface area contributed by atoms with E-state index in [1.807, 2.05) is 0 Å². The van der Waals surface area contributed by atoms with E-state index in [0.29, 0.717) is 16.1 Å². The Morgan fingerprint density at radius 1 is 1.05 bits per heavy atom. The molecular weight excluding hydrogens is 278 g/mol. The predicted molar refractivity (Wildman–Crippen MR) is 77.2 cm³/mol. The van der Waals surface area contributed by atoms with E-state index in [-0.39, 0.29) is 11.5 Å². The fourth-order valence-corrected chi connectivity index (χ4v) is 2.10. The maximum atomic E-state index is 11.6. The fourth-order valence-electron chi connectivity index (χ4n) is 1.86. The molecule has 0 radical (unpaired) electrons. The Hall–Kier alpha value is -2.33. The highest BCUT2D eigenvalue weighted by Crippen LogP contribution is 2.25. The molecule has 2 rings (SSSR count). The molecule has 2 aromatic carbocycles. The van der Waals surface area contributed by atoms with Crippen LogP contribution in [0.5, 0.6) is 0 Å². The molecule has 5 heteroatoms. The third-order valence-corrected chi connectivity index (χ3v) is 3.05. The van der Waals surface area contributed by atoms with Crippen LogP contribution >= 0.6 is 11.6 Å². The summed E-state index contributed by atoms with van der Waals surface area (Å²) < 4.78 is 0. The number of amides is 1. The van der Waals surface area contributed by atoms with Gasteiger partial charge < -0.3 is 10.4 Å². The molecule has 0 atom stereocenters. The predicted octanol–water partition coefficient (Wildman–Crippen LogP) is 3.06. The van der Waals surface area contributed by atoms with Gasteiger partial charge in [-0.15, -0.1) is 0 Å². The summed E-state index contributed by atoms with van der Waals surface area (Å²) in [4.78, 5) is 22.6. The minimum atomic E-state index is -1.05. The zero-order chi connectivity index (χ0) is 14.7. The first kappa shape index (κ1) is 14.1. The van der Waals surface area contributed by atoms with Crippen LogP contribution < -0.4 is 5.32 Å². The van der Waals surface area contributed by atoms with Crippen molar-refractivity contribution >= 4 is 23.5 Å². The molecule has 0 saturated heterocycles. The van der Waals surface area contributed by atoms with Crippen molar-refractivity contribution in [2.24, 2.45) is 0 Å². The van der Waals surface area contributed by atoms with E-state index < -0.39 is 5.97 Å². The second-order valence-electron chi connectivity index (χ2n) is 4.19. The van der Waals surface area contributed by atoms with E-state index in [4.69, 9.17) is 16.7 Å². The lowest BCUT2D eigenvalue weighted by Crippen LogP contribution is -2.17. The number of aromatic carboxylic acids is 1. The Kier molecular flexibility index (Phi) is 4.05. The van der Waals surface area contributed by atoms with Gasteiger partial charge in [0.05, 0.1) is 5.56 Å². The van der Waals surface area contributed by atoms with Crippen LogP contribution in [0.3, 0.4) is 0 Å². The molecule has 102 valence electrons. The molecule has 0 aliphatic heterocycles. The minimum absolute atomic E-state index is 0.109. The maximum absolute atomic E-state index is 11.6. The maximum Gasteiger partial charge on any atom is 0.335 e. The molecule has 2 N–H and O–H groups in total. The number of carboxylic acids is 1. The van der Waals surface area contributed by atoms with Gasteiger partial charge in [0.1, 0.15) is 0 Å². The van der Waals surface area contributed by atoms with Crippen LogP contribution in [0.4, 0.5) is 0 Å². The van der Waals surface area contributed by atoms with Crippen molar-refractivity contribution in [2.75, 3.05) is 7.05 Å². The van der Waals surface area contributed by atoms with Crippen molar-refractivity contribution in [3.63, 3.8) is 0 Å². The summed E-state index contributed by atoms with van der Waals surface area (Å²) in [6.07, 6.45) is 0. The van der Waals surface area contributed by atoms with E-state index in [2.05, 4.69) is 5.32 Å². The monoisotopic (exact) mass is 289 g/mol. The molecule has 0 spiro atoms. The first-order chi connectivity index (χ1) is 9.51. The molecule has 0 fully saturated rings. The van der Waals surface area contributed by atoms with E-state index in [1.165, 1.54) is 12.1 Å². The Bertz CT molecular complexity index is 683. The summed E-state index contributed by atoms with van der Waals surface area (Å²) in [5.74, 6) is -1.25. The lowest BCUT2D eigenvalue weighted by Gasteiger charge is -2.07. The second kappa shape index (κ2) is 5.75. The van der Waals surface area contributed by atoms with E-state index in [0.717, 1.165) is 5.56 Å². The van der Waals surface area contributed by atoms with Gasteiger partial charge in [0, 0.05) is 17.6 Å². The average molecular weight is 290 g/mol. The largest absolute Gasteiger partial charge is 0.478 e. The van der Waals surface area contributed by atoms with Crippen LogP contribution in [0.25, 0.3) is 11.1 Å². The summed E-state index contributed by atoms with van der Waals surface area (Å²) in [7, 11) is 1.55. The zero-order valence-electron chi connectivity index (χ0n) is 10.7. The Morgan fingerprint density at radius 3 is 2.40 bits per heavy atom. The van der Waals surface area contributed by atoms with E-state index in [1.54, 1.807) is 37.4 Å². The number of halogens is 1. The molecule has 0 saturated carbocycles. The average Bonchev–Trinajstić information content (AvgIpc) is 2.45. The van der Waals surface area contributed by atoms with E-state index >= 15 is 0 Å². The number of carbonyl (C=O) groups excluding carboxylic acids is 1. The van der Waals surface area contributed by atoms with Gasteiger partial charge in [0.25, 0.3) is 5.91 Å². The standard InChI is InChI=1S/C15H12ClNO3/c1-17-14(18)10-4-2-3-9(5-10)11-6-12(15(19)20)8-13(16)7-11/h2-8H,1H3,(H,17,18)(H,19,20). The molecule has 2 aromatic rings. The number of rotatable bonds is 3. The van der Waals surface area contributed by atoms with Crippen molar-refractivity contribution in [3.8, 4) is 11.1 Å². The fraction of sp³-hybridized carbons (Fsp3) is 0.0667. The van der Waals surface area contributed by atoms with Gasteiger partial charge in [-0.05, 0) is 41.5 Å². The number of carbonyl (C=O) groups is 2. The number of carboxylic acid groups (broad SMARTS) is 1. The van der Waals surface area contributed by atoms with Crippen LogP contribution in [0, 0.1) is 0 Å². The van der Waals surface area contributed by atoms with Gasteiger partial charge in [-0.3, -0.25) is 4.79 Å². The first-order valence-corrected chi connectivity index (χ1v) is 6.25. The Balaban J connectivity index is 2.51. The smallest absolute Gasteiger partial charge is 0.335 e. The highest BCUT2D eigenvalue weighted by Gasteiger charge is 2.09. The number of benzene rings is 2. The molecule has 0 aliphatic carbocycles. The van der Waals surface area contributed by atoms with Gasteiger partial charge in [0.2, 0.25) is 0 Å². The van der Waals surface area contributed by atoms with E-state index in [9.17, 15) is 9.59 Å². The van der Waals surface area contributed by atoms with Gasteiger partial charge in [-0.25, -0.2) is 4.79 Å². The summed E-state index contributed by atoms with van der Waals surface area (Å²) in [6.45, 7) is 0. The van der Waals surface area contributed by atoms with Crippen LogP contribution in [0.15, 0.2) is 42.5 Å². The molecule has 0 aromatic heterocycles. The normalized spacial score (nSPS) is 10.1. The third kappa shape index (κ3) is 2.97. The van der Waals surface area contributed by atoms with Crippen molar-refractivity contribution in [1.82, 2.24) is 5.32 Å². The molecule has 1 amide bonds. The van der Waals surface area contributed by atoms with Gasteiger partial charge in [-0.1, -0.05) is 23.7 Å². The molecule has 4 nitrogen and oxygen atoms in total. The summed E-state index contributed by atoms with van der Waals surface area (Å²) in [6, 6.07) is 11.5. The van der Waals surface area contributed by atoms with Crippen molar-refractivity contribution in [1.29, 1.82) is 0 Å². The Labute approximate surface area is 121 Å². The van der Waals surface area contributed by atoms with Crippen LogP contribution in [-0.2, 0) is 0 Å². The lowest BCUT2D eigenvalue weighted by molar-refractivity contribution is 0.0696. The molecular formula is C15H12ClNO3. The molecule has 0 bridgehead atoms. The SMILES string of the molecule is CNC(=O)c1cccc(-c2cc(Cl)cc(C(=O)O)c2)c1. The van der Waals surface area contributed by atoms with Crippen molar-refractivity contribution < 1.29 is 14.7 Å². The zero-order valence-corrected chi connectivity index (χ0v) is 11.4. The first-order valence-electron chi connectivity index (χ1n) is 5.87. The third-order valence-electron chi connectivity index (χ3n) is 2.83. The highest BCUT2D eigenvalue weighted by molar-refractivity contribution is 6.31. The van der Waals surface area contributed by atoms with Gasteiger partial charge in [-0.2, -0.15) is 0 Å². The summed E-state index contributed by atoms with van der Waals surface area (Å²) in [5, 5.41) is 11.9. The second-order valence-corrected chi connectivity index (χ2v) is 4.63. The van der Waals surface area contributed by atoms with Crippen LogP contribution in [-0.4, -0.2) is 24.0 Å². The number of nitrogens with one attached hydrogen (secondary N) is 1. The number of hydrogen-bond donors (Lipinski definition) is 2. The summed E-state index contributed by atoms with van der Waals surface area (Å²) in [5.41, 5.74) is 2.00. The molecule has 20 heavy (non-hydrogen) atoms. The quantitative estimate of drug-likeness (QED) is 0.912. The topological polar surface area (TPSA) is 66.4 Å². The minimum Gasteiger partial charge on any atom is -0.478 e. The van der Waals surface area contributed by atoms with Crippen LogP contribution in [0.2, 0.25) is 5.02 Å². The lowest BCUT2D eigenvalue weighted by atomic mass is 10.0. The van der Waals surface area contributed by atoms with Crippen LogP contribution in [0.1, 0.15) is 20.7 Å². The highest BCUT2D eigenvalue weighted by atomic mass is 35.5. The van der Waals surface area contributed by atoms with Crippen molar-refractivity contribution in [3.05, 3.63) is 58.6 Å².